The van der Waals surface area contributed by atoms with Crippen LogP contribution < -0.4 is 10.9 Å². The first-order valence-corrected chi connectivity index (χ1v) is 9.63. The monoisotopic (exact) mass is 403 g/mol. The molecule has 3 aromatic heterocycles. The molecule has 0 aliphatic heterocycles. The lowest BCUT2D eigenvalue weighted by Gasteiger charge is -2.07. The van der Waals surface area contributed by atoms with Crippen molar-refractivity contribution in [2.24, 2.45) is 5.18 Å². The highest BCUT2D eigenvalue weighted by Crippen LogP contribution is 2.39. The van der Waals surface area contributed by atoms with Gasteiger partial charge in [0.25, 0.3) is 0 Å². The summed E-state index contributed by atoms with van der Waals surface area (Å²) >= 11 is 1.59. The molecular weight excluding hydrogens is 386 g/mol. The topological polar surface area (TPSA) is 116 Å². The smallest absolute Gasteiger partial charge is 0.196 e. The van der Waals surface area contributed by atoms with Gasteiger partial charge in [0.15, 0.2) is 11.7 Å². The summed E-state index contributed by atoms with van der Waals surface area (Å²) in [4.78, 5) is 24.5. The van der Waals surface area contributed by atoms with Crippen molar-refractivity contribution >= 4 is 33.2 Å². The van der Waals surface area contributed by atoms with E-state index >= 15 is 0 Å². The molecule has 0 unspecified atom stereocenters. The van der Waals surface area contributed by atoms with E-state index in [9.17, 15) is 4.91 Å². The molecule has 0 aliphatic rings. The average Bonchev–Trinajstić information content (AvgIpc) is 3.11. The Morgan fingerprint density at radius 3 is 2.76 bits per heavy atom. The molecule has 0 amide bonds. The molecule has 0 radical (unpaired) electrons. The number of rotatable bonds is 6. The van der Waals surface area contributed by atoms with Crippen molar-refractivity contribution in [1.29, 1.82) is 5.41 Å². The summed E-state index contributed by atoms with van der Waals surface area (Å²) in [5, 5.41) is 10.2. The van der Waals surface area contributed by atoms with Crippen LogP contribution in [0.2, 0.25) is 0 Å². The first-order chi connectivity index (χ1) is 14.2. The quantitative estimate of drug-likeness (QED) is 0.192. The molecule has 0 fully saturated rings. The molecule has 3 N–H and O–H groups in total. The molecule has 0 bridgehead atoms. The van der Waals surface area contributed by atoms with Gasteiger partial charge < -0.3 is 5.43 Å². The van der Waals surface area contributed by atoms with Crippen molar-refractivity contribution in [3.63, 3.8) is 0 Å². The molecule has 3 heterocycles. The van der Waals surface area contributed by atoms with Gasteiger partial charge >= 0.3 is 0 Å². The average molecular weight is 403 g/mol. The van der Waals surface area contributed by atoms with Crippen LogP contribution in [-0.4, -0.2) is 20.8 Å². The third-order valence-electron chi connectivity index (χ3n) is 4.44. The summed E-state index contributed by atoms with van der Waals surface area (Å²) in [7, 11) is 0. The second kappa shape index (κ2) is 8.21. The Kier molecular flexibility index (Phi) is 5.32. The lowest BCUT2D eigenvalue weighted by Crippen LogP contribution is -2.21. The van der Waals surface area contributed by atoms with Gasteiger partial charge in [-0.15, -0.1) is 16.2 Å². The Bertz CT molecular complexity index is 1170. The minimum Gasteiger partial charge on any atom is -0.304 e. The van der Waals surface area contributed by atoms with E-state index in [2.05, 4.69) is 31.0 Å². The molecule has 0 saturated heterocycles. The number of amidine groups is 1. The van der Waals surface area contributed by atoms with E-state index < -0.39 is 0 Å². The van der Waals surface area contributed by atoms with E-state index in [1.165, 1.54) is 0 Å². The number of hydrogen-bond donors (Lipinski definition) is 3. The van der Waals surface area contributed by atoms with E-state index in [1.807, 2.05) is 31.2 Å². The Labute approximate surface area is 170 Å². The first-order valence-electron chi connectivity index (χ1n) is 8.82. The van der Waals surface area contributed by atoms with Crippen LogP contribution in [0.25, 0.3) is 20.7 Å². The number of pyridine rings is 1. The molecule has 0 saturated carbocycles. The summed E-state index contributed by atoms with van der Waals surface area (Å²) < 4.78 is 0.949. The number of aromatic nitrogens is 3. The Hall–Kier alpha value is -3.56. The van der Waals surface area contributed by atoms with E-state index in [4.69, 9.17) is 5.41 Å². The Morgan fingerprint density at radius 2 is 2.03 bits per heavy atom. The predicted molar refractivity (Wildman–Crippen MR) is 115 cm³/mol. The maximum Gasteiger partial charge on any atom is 0.196 e. The van der Waals surface area contributed by atoms with Gasteiger partial charge in [-0.2, -0.15) is 0 Å². The molecule has 4 aromatic rings. The van der Waals surface area contributed by atoms with E-state index in [-0.39, 0.29) is 5.84 Å². The molecule has 144 valence electrons. The highest BCUT2D eigenvalue weighted by atomic mass is 32.1. The Morgan fingerprint density at radius 1 is 1.21 bits per heavy atom. The fourth-order valence-corrected chi connectivity index (χ4v) is 4.16. The standard InChI is InChI=1S/C20H17N7OS/c1-12-16-18(29-17(12)14-4-6-15(7-5-14)19(21)27-28)20(24-11-23-16)26-25-10-13-3-2-8-22-9-13/h2-9,11,21,25H,10H2,1H3,(H,23,24,26). The number of benzene rings is 1. The zero-order valence-corrected chi connectivity index (χ0v) is 16.3. The van der Waals surface area contributed by atoms with Gasteiger partial charge in [0.05, 0.1) is 10.2 Å². The number of hydrazine groups is 1. The molecule has 9 heteroatoms. The molecule has 0 spiro atoms. The van der Waals surface area contributed by atoms with Crippen molar-refractivity contribution in [1.82, 2.24) is 20.4 Å². The number of hydrogen-bond acceptors (Lipinski definition) is 8. The molecule has 0 aliphatic carbocycles. The van der Waals surface area contributed by atoms with Crippen molar-refractivity contribution < 1.29 is 0 Å². The molecule has 8 nitrogen and oxygen atoms in total. The molecule has 0 atom stereocenters. The predicted octanol–water partition coefficient (Wildman–Crippen LogP) is 4.27. The van der Waals surface area contributed by atoms with E-state index in [0.717, 1.165) is 31.8 Å². The maximum absolute atomic E-state index is 10.5. The third kappa shape index (κ3) is 3.86. The van der Waals surface area contributed by atoms with Gasteiger partial charge in [0.2, 0.25) is 0 Å². The van der Waals surface area contributed by atoms with Gasteiger partial charge in [-0.05, 0) is 34.9 Å². The van der Waals surface area contributed by atoms with Crippen LogP contribution in [0.15, 0.2) is 60.3 Å². The number of nitrogens with one attached hydrogen (secondary N) is 3. The summed E-state index contributed by atoms with van der Waals surface area (Å²) in [6.07, 6.45) is 5.09. The lowest BCUT2D eigenvalue weighted by molar-refractivity contribution is 0.792. The second-order valence-corrected chi connectivity index (χ2v) is 7.33. The second-order valence-electron chi connectivity index (χ2n) is 6.31. The Balaban J connectivity index is 1.60. The highest BCUT2D eigenvalue weighted by molar-refractivity contribution is 7.23. The van der Waals surface area contributed by atoms with Crippen LogP contribution in [0.3, 0.4) is 0 Å². The summed E-state index contributed by atoms with van der Waals surface area (Å²) in [6.45, 7) is 2.63. The van der Waals surface area contributed by atoms with Gasteiger partial charge in [0, 0.05) is 29.4 Å². The third-order valence-corrected chi connectivity index (χ3v) is 5.77. The number of nitrogens with zero attached hydrogens (tertiary/aromatic N) is 4. The number of aryl methyl sites for hydroxylation is 1. The van der Waals surface area contributed by atoms with Crippen molar-refractivity contribution in [3.05, 3.63) is 76.7 Å². The summed E-state index contributed by atoms with van der Waals surface area (Å²) in [6, 6.07) is 11.1. The molecule has 4 rings (SSSR count). The molecule has 29 heavy (non-hydrogen) atoms. The molecule has 1 aromatic carbocycles. The SMILES string of the molecule is Cc1c(-c2ccc(C(=N)N=O)cc2)sc2c(NNCc3cccnc3)ncnc12. The van der Waals surface area contributed by atoms with Gasteiger partial charge in [-0.3, -0.25) is 10.4 Å². The first kappa shape index (κ1) is 18.8. The van der Waals surface area contributed by atoms with Crippen LogP contribution >= 0.6 is 11.3 Å². The van der Waals surface area contributed by atoms with Crippen molar-refractivity contribution in [2.75, 3.05) is 5.43 Å². The maximum atomic E-state index is 10.5. The van der Waals surface area contributed by atoms with Crippen LogP contribution in [0.5, 0.6) is 0 Å². The van der Waals surface area contributed by atoms with E-state index in [0.29, 0.717) is 17.9 Å². The number of thiophene rings is 1. The minimum atomic E-state index is -0.276. The zero-order chi connectivity index (χ0) is 20.2. The highest BCUT2D eigenvalue weighted by Gasteiger charge is 2.15. The van der Waals surface area contributed by atoms with Crippen LogP contribution in [-0.2, 0) is 6.54 Å². The van der Waals surface area contributed by atoms with Crippen molar-refractivity contribution in [3.8, 4) is 10.4 Å². The normalized spacial score (nSPS) is 10.8. The van der Waals surface area contributed by atoms with Crippen LogP contribution in [0, 0.1) is 17.2 Å². The van der Waals surface area contributed by atoms with Crippen LogP contribution in [0.1, 0.15) is 16.7 Å². The number of anilines is 1. The molecular formula is C20H17N7OS. The van der Waals surface area contributed by atoms with E-state index in [1.54, 1.807) is 42.2 Å². The van der Waals surface area contributed by atoms with Gasteiger partial charge in [-0.1, -0.05) is 30.3 Å². The largest absolute Gasteiger partial charge is 0.304 e. The zero-order valence-electron chi connectivity index (χ0n) is 15.5. The fraction of sp³-hybridized carbons (Fsp3) is 0.100. The number of fused-ring (bicyclic) bond motifs is 1. The fourth-order valence-electron chi connectivity index (χ4n) is 2.95. The van der Waals surface area contributed by atoms with Crippen molar-refractivity contribution in [2.45, 2.75) is 13.5 Å². The van der Waals surface area contributed by atoms with Crippen LogP contribution in [0.4, 0.5) is 5.82 Å². The number of nitroso groups, excluding NO2 is 1. The lowest BCUT2D eigenvalue weighted by atomic mass is 10.1. The minimum absolute atomic E-state index is 0.276. The summed E-state index contributed by atoms with van der Waals surface area (Å²) in [5.74, 6) is 0.434. The van der Waals surface area contributed by atoms with Gasteiger partial charge in [-0.25, -0.2) is 15.4 Å². The van der Waals surface area contributed by atoms with Gasteiger partial charge in [0.1, 0.15) is 6.33 Å². The summed E-state index contributed by atoms with van der Waals surface area (Å²) in [5.41, 5.74) is 10.8.